The molecule has 0 fully saturated rings. The van der Waals surface area contributed by atoms with Gasteiger partial charge >= 0.3 is 6.36 Å². The van der Waals surface area contributed by atoms with Crippen LogP contribution in [0.25, 0.3) is 0 Å². The Bertz CT molecular complexity index is 659. The van der Waals surface area contributed by atoms with Crippen LogP contribution < -0.4 is 4.74 Å². The highest BCUT2D eigenvalue weighted by Crippen LogP contribution is 2.22. The molecule has 2 aromatic rings. The number of rotatable bonds is 4. The molecule has 0 aliphatic heterocycles. The van der Waals surface area contributed by atoms with E-state index in [1.807, 2.05) is 31.2 Å². The van der Waals surface area contributed by atoms with Gasteiger partial charge in [0.25, 0.3) is 0 Å². The van der Waals surface area contributed by atoms with E-state index in [1.165, 1.54) is 30.5 Å². The van der Waals surface area contributed by atoms with Gasteiger partial charge in [0.15, 0.2) is 0 Å². The third-order valence-corrected chi connectivity index (χ3v) is 2.67. The monoisotopic (exact) mass is 306 g/mol. The van der Waals surface area contributed by atoms with Crippen molar-refractivity contribution >= 4 is 12.4 Å². The summed E-state index contributed by atoms with van der Waals surface area (Å²) in [6, 6.07) is 13.1. The van der Waals surface area contributed by atoms with Gasteiger partial charge in [0.05, 0.1) is 12.4 Å². The number of benzene rings is 2. The van der Waals surface area contributed by atoms with Crippen LogP contribution in [-0.2, 0) is 0 Å². The molecule has 0 atom stereocenters. The van der Waals surface area contributed by atoms with Crippen molar-refractivity contribution in [2.75, 3.05) is 0 Å². The first-order valence-electron chi connectivity index (χ1n) is 6.41. The van der Waals surface area contributed by atoms with Crippen LogP contribution in [0.1, 0.15) is 16.7 Å². The van der Waals surface area contributed by atoms with Crippen molar-refractivity contribution in [1.29, 1.82) is 0 Å². The fourth-order valence-electron chi connectivity index (χ4n) is 1.61. The highest BCUT2D eigenvalue weighted by atomic mass is 19.4. The number of hydrogen-bond donors (Lipinski definition) is 0. The summed E-state index contributed by atoms with van der Waals surface area (Å²) in [4.78, 5) is 0. The molecule has 0 aliphatic carbocycles. The fourth-order valence-corrected chi connectivity index (χ4v) is 1.61. The Labute approximate surface area is 125 Å². The Morgan fingerprint density at radius 2 is 1.27 bits per heavy atom. The molecule has 0 aliphatic rings. The molecule has 2 aromatic carbocycles. The first kappa shape index (κ1) is 15.8. The van der Waals surface area contributed by atoms with Crippen molar-refractivity contribution in [1.82, 2.24) is 0 Å². The molecule has 114 valence electrons. The van der Waals surface area contributed by atoms with E-state index in [0.717, 1.165) is 11.1 Å². The van der Waals surface area contributed by atoms with E-state index in [9.17, 15) is 13.2 Å². The first-order valence-corrected chi connectivity index (χ1v) is 6.41. The topological polar surface area (TPSA) is 34.0 Å². The number of aryl methyl sites for hydroxylation is 1. The summed E-state index contributed by atoms with van der Waals surface area (Å²) < 4.78 is 39.8. The van der Waals surface area contributed by atoms with Crippen molar-refractivity contribution in [3.63, 3.8) is 0 Å². The summed E-state index contributed by atoms with van der Waals surface area (Å²) in [7, 11) is 0. The molecular formula is C16H13F3N2O. The van der Waals surface area contributed by atoms with E-state index < -0.39 is 6.36 Å². The second kappa shape index (κ2) is 6.89. The van der Waals surface area contributed by atoms with Crippen LogP contribution in [-0.4, -0.2) is 18.8 Å². The molecule has 0 N–H and O–H groups in total. The summed E-state index contributed by atoms with van der Waals surface area (Å²) in [5, 5.41) is 7.73. The number of ether oxygens (including phenoxy) is 1. The molecule has 0 aromatic heterocycles. The van der Waals surface area contributed by atoms with Gasteiger partial charge in [-0.05, 0) is 42.3 Å². The van der Waals surface area contributed by atoms with Crippen molar-refractivity contribution in [3.05, 3.63) is 65.2 Å². The van der Waals surface area contributed by atoms with E-state index in [1.54, 1.807) is 6.21 Å². The van der Waals surface area contributed by atoms with Crippen LogP contribution in [0.3, 0.4) is 0 Å². The van der Waals surface area contributed by atoms with Gasteiger partial charge in [-0.25, -0.2) is 0 Å². The maximum absolute atomic E-state index is 12.0. The lowest BCUT2D eigenvalue weighted by Crippen LogP contribution is -2.16. The predicted molar refractivity (Wildman–Crippen MR) is 79.5 cm³/mol. The van der Waals surface area contributed by atoms with Gasteiger partial charge in [-0.3, -0.25) is 0 Å². The van der Waals surface area contributed by atoms with Crippen molar-refractivity contribution in [2.24, 2.45) is 10.2 Å². The number of halogens is 3. The summed E-state index contributed by atoms with van der Waals surface area (Å²) >= 11 is 0. The van der Waals surface area contributed by atoms with E-state index in [0.29, 0.717) is 5.56 Å². The minimum Gasteiger partial charge on any atom is -0.406 e. The zero-order valence-electron chi connectivity index (χ0n) is 11.7. The molecule has 3 nitrogen and oxygen atoms in total. The van der Waals surface area contributed by atoms with Crippen LogP contribution in [0.5, 0.6) is 5.75 Å². The van der Waals surface area contributed by atoms with Crippen molar-refractivity contribution < 1.29 is 17.9 Å². The molecule has 2 rings (SSSR count). The fraction of sp³-hybridized carbons (Fsp3) is 0.125. The number of hydrogen-bond acceptors (Lipinski definition) is 3. The lowest BCUT2D eigenvalue weighted by molar-refractivity contribution is -0.274. The van der Waals surface area contributed by atoms with Crippen LogP contribution >= 0.6 is 0 Å². The van der Waals surface area contributed by atoms with Gasteiger partial charge in [0, 0.05) is 0 Å². The Kier molecular flexibility index (Phi) is 4.93. The zero-order valence-corrected chi connectivity index (χ0v) is 11.7. The Balaban J connectivity index is 1.94. The van der Waals surface area contributed by atoms with E-state index in [2.05, 4.69) is 14.9 Å². The standard InChI is InChI=1S/C16H13F3N2O/c1-12-2-4-13(5-3-12)10-20-21-11-14-6-8-15(9-7-14)22-16(17,18)19/h2-11H,1H3. The predicted octanol–water partition coefficient (Wildman–Crippen LogP) is 4.35. The summed E-state index contributed by atoms with van der Waals surface area (Å²) in [5.41, 5.74) is 2.69. The van der Waals surface area contributed by atoms with Gasteiger partial charge in [0.2, 0.25) is 0 Å². The van der Waals surface area contributed by atoms with Crippen LogP contribution in [0.15, 0.2) is 58.7 Å². The SMILES string of the molecule is Cc1ccc(C=NN=Cc2ccc(OC(F)(F)F)cc2)cc1. The summed E-state index contributed by atoms with van der Waals surface area (Å²) in [6.45, 7) is 1.99. The normalized spacial score (nSPS) is 12.2. The average Bonchev–Trinajstić information content (AvgIpc) is 2.45. The smallest absolute Gasteiger partial charge is 0.406 e. The Hall–Kier alpha value is -2.63. The molecule has 0 bridgehead atoms. The van der Waals surface area contributed by atoms with E-state index in [-0.39, 0.29) is 5.75 Å². The molecule has 0 saturated carbocycles. The molecule has 6 heteroatoms. The third-order valence-electron chi connectivity index (χ3n) is 2.67. The Morgan fingerprint density at radius 1 is 0.818 bits per heavy atom. The van der Waals surface area contributed by atoms with Gasteiger partial charge < -0.3 is 4.74 Å². The quantitative estimate of drug-likeness (QED) is 0.611. The Morgan fingerprint density at radius 3 is 1.73 bits per heavy atom. The molecule has 0 unspecified atom stereocenters. The second-order valence-corrected chi connectivity index (χ2v) is 4.52. The molecule has 0 heterocycles. The van der Waals surface area contributed by atoms with Crippen LogP contribution in [0.2, 0.25) is 0 Å². The van der Waals surface area contributed by atoms with Gasteiger partial charge in [-0.15, -0.1) is 13.2 Å². The highest BCUT2D eigenvalue weighted by molar-refractivity contribution is 5.82. The van der Waals surface area contributed by atoms with Crippen molar-refractivity contribution in [2.45, 2.75) is 13.3 Å². The summed E-state index contributed by atoms with van der Waals surface area (Å²) in [6.07, 6.45) is -1.65. The van der Waals surface area contributed by atoms with Crippen LogP contribution in [0.4, 0.5) is 13.2 Å². The van der Waals surface area contributed by atoms with E-state index >= 15 is 0 Å². The molecule has 22 heavy (non-hydrogen) atoms. The first-order chi connectivity index (χ1) is 10.4. The minimum absolute atomic E-state index is 0.271. The molecule has 0 amide bonds. The zero-order chi connectivity index (χ0) is 16.0. The maximum atomic E-state index is 12.0. The average molecular weight is 306 g/mol. The van der Waals surface area contributed by atoms with Gasteiger partial charge in [0.1, 0.15) is 5.75 Å². The number of nitrogens with zero attached hydrogens (tertiary/aromatic N) is 2. The minimum atomic E-state index is -4.69. The lowest BCUT2D eigenvalue weighted by atomic mass is 10.2. The largest absolute Gasteiger partial charge is 0.573 e. The van der Waals surface area contributed by atoms with Gasteiger partial charge in [-0.1, -0.05) is 29.8 Å². The molecule has 0 spiro atoms. The summed E-state index contributed by atoms with van der Waals surface area (Å²) in [5.74, 6) is -0.271. The second-order valence-electron chi connectivity index (χ2n) is 4.52. The van der Waals surface area contributed by atoms with Crippen molar-refractivity contribution in [3.8, 4) is 5.75 Å². The molecular weight excluding hydrogens is 293 g/mol. The molecule has 0 radical (unpaired) electrons. The number of alkyl halides is 3. The lowest BCUT2D eigenvalue weighted by Gasteiger charge is -2.08. The third kappa shape index (κ3) is 5.40. The van der Waals surface area contributed by atoms with Gasteiger partial charge in [-0.2, -0.15) is 10.2 Å². The van der Waals surface area contributed by atoms with Crippen LogP contribution in [0, 0.1) is 6.92 Å². The molecule has 0 saturated heterocycles. The van der Waals surface area contributed by atoms with E-state index in [4.69, 9.17) is 0 Å². The highest BCUT2D eigenvalue weighted by Gasteiger charge is 2.30. The maximum Gasteiger partial charge on any atom is 0.573 e.